The van der Waals surface area contributed by atoms with Gasteiger partial charge < -0.3 is 5.32 Å². The Hall–Kier alpha value is -0.130. The van der Waals surface area contributed by atoms with E-state index in [0.29, 0.717) is 6.04 Å². The van der Waals surface area contributed by atoms with Crippen molar-refractivity contribution >= 4 is 23.1 Å². The predicted molar refractivity (Wildman–Crippen MR) is 65.5 cm³/mol. The van der Waals surface area contributed by atoms with Gasteiger partial charge in [0.25, 0.3) is 0 Å². The maximum atomic E-state index is 4.09. The largest absolute Gasteiger partial charge is 0.314 e. The van der Waals surface area contributed by atoms with Crippen molar-refractivity contribution in [2.75, 3.05) is 6.54 Å². The summed E-state index contributed by atoms with van der Waals surface area (Å²) < 4.78 is 1.12. The molecule has 1 fully saturated rings. The fourth-order valence-corrected chi connectivity index (χ4v) is 4.11. The van der Waals surface area contributed by atoms with E-state index in [-0.39, 0.29) is 0 Å². The van der Waals surface area contributed by atoms with E-state index in [1.165, 1.54) is 25.7 Å². The number of rotatable bonds is 4. The summed E-state index contributed by atoms with van der Waals surface area (Å²) in [6.07, 6.45) is 5.28. The lowest BCUT2D eigenvalue weighted by Crippen LogP contribution is -2.34. The molecule has 1 N–H and O–H groups in total. The van der Waals surface area contributed by atoms with Crippen LogP contribution in [-0.4, -0.2) is 28.0 Å². The average molecular weight is 243 g/mol. The summed E-state index contributed by atoms with van der Waals surface area (Å²) >= 11 is 3.56. The second kappa shape index (κ2) is 5.82. The maximum Gasteiger partial charge on any atom is 0.174 e. The maximum absolute atomic E-state index is 4.09. The second-order valence-electron chi connectivity index (χ2n) is 3.87. The monoisotopic (exact) mass is 243 g/mol. The Morgan fingerprint density at radius 2 is 2.53 bits per heavy atom. The van der Waals surface area contributed by atoms with Crippen LogP contribution in [0.5, 0.6) is 0 Å². The van der Waals surface area contributed by atoms with Crippen LogP contribution in [0, 0.1) is 0 Å². The van der Waals surface area contributed by atoms with E-state index < -0.39 is 0 Å². The quantitative estimate of drug-likeness (QED) is 0.882. The van der Waals surface area contributed by atoms with Crippen molar-refractivity contribution < 1.29 is 0 Å². The van der Waals surface area contributed by atoms with Crippen molar-refractivity contribution in [2.45, 2.75) is 48.2 Å². The molecule has 1 heterocycles. The van der Waals surface area contributed by atoms with Gasteiger partial charge in [-0.05, 0) is 25.8 Å². The highest BCUT2D eigenvalue weighted by atomic mass is 32.2. The third-order valence-corrected chi connectivity index (χ3v) is 4.83. The van der Waals surface area contributed by atoms with Crippen LogP contribution >= 0.6 is 23.1 Å². The predicted octanol–water partition coefficient (Wildman–Crippen LogP) is 2.55. The zero-order valence-corrected chi connectivity index (χ0v) is 10.6. The standard InChI is InChI=1S/C10H17N3S2/c1-2-11-8-4-3-5-9(6-8)15-10-13-12-7-14-10/h7-9,11H,2-6H2,1H3. The van der Waals surface area contributed by atoms with Gasteiger partial charge >= 0.3 is 0 Å². The van der Waals surface area contributed by atoms with E-state index in [4.69, 9.17) is 0 Å². The van der Waals surface area contributed by atoms with E-state index >= 15 is 0 Å². The highest BCUT2D eigenvalue weighted by Gasteiger charge is 2.22. The normalized spacial score (nSPS) is 26.7. The molecule has 0 saturated heterocycles. The summed E-state index contributed by atoms with van der Waals surface area (Å²) in [6, 6.07) is 0.717. The summed E-state index contributed by atoms with van der Waals surface area (Å²) in [5.74, 6) is 0. The molecule has 0 bridgehead atoms. The number of aromatic nitrogens is 2. The minimum atomic E-state index is 0.717. The molecule has 15 heavy (non-hydrogen) atoms. The van der Waals surface area contributed by atoms with E-state index in [2.05, 4.69) is 22.4 Å². The molecule has 1 aromatic heterocycles. The summed E-state index contributed by atoms with van der Waals surface area (Å²) in [4.78, 5) is 0. The van der Waals surface area contributed by atoms with Gasteiger partial charge in [0, 0.05) is 11.3 Å². The Morgan fingerprint density at radius 3 is 3.27 bits per heavy atom. The van der Waals surface area contributed by atoms with Crippen LogP contribution in [0.1, 0.15) is 32.6 Å². The van der Waals surface area contributed by atoms with Gasteiger partial charge in [0.15, 0.2) is 4.34 Å². The van der Waals surface area contributed by atoms with Gasteiger partial charge in [-0.3, -0.25) is 0 Å². The smallest absolute Gasteiger partial charge is 0.174 e. The third kappa shape index (κ3) is 3.43. The second-order valence-corrected chi connectivity index (χ2v) is 6.25. The Kier molecular flexibility index (Phi) is 4.41. The van der Waals surface area contributed by atoms with E-state index in [1.807, 2.05) is 17.3 Å². The molecular weight excluding hydrogens is 226 g/mol. The van der Waals surface area contributed by atoms with Crippen molar-refractivity contribution in [2.24, 2.45) is 0 Å². The zero-order valence-electron chi connectivity index (χ0n) is 8.98. The van der Waals surface area contributed by atoms with Gasteiger partial charge in [0.1, 0.15) is 5.51 Å². The molecule has 0 aliphatic heterocycles. The van der Waals surface area contributed by atoms with Gasteiger partial charge in [0.2, 0.25) is 0 Å². The highest BCUT2D eigenvalue weighted by Crippen LogP contribution is 2.34. The Balaban J connectivity index is 1.82. The zero-order chi connectivity index (χ0) is 10.5. The number of thioether (sulfide) groups is 1. The summed E-state index contributed by atoms with van der Waals surface area (Å²) in [7, 11) is 0. The molecule has 84 valence electrons. The minimum Gasteiger partial charge on any atom is -0.314 e. The lowest BCUT2D eigenvalue weighted by atomic mass is 9.95. The summed E-state index contributed by atoms with van der Waals surface area (Å²) in [6.45, 7) is 3.27. The molecule has 1 aromatic rings. The van der Waals surface area contributed by atoms with Crippen LogP contribution in [0.4, 0.5) is 0 Å². The molecule has 0 aromatic carbocycles. The van der Waals surface area contributed by atoms with Crippen LogP contribution in [-0.2, 0) is 0 Å². The van der Waals surface area contributed by atoms with E-state index in [0.717, 1.165) is 16.1 Å². The topological polar surface area (TPSA) is 37.8 Å². The van der Waals surface area contributed by atoms with Crippen molar-refractivity contribution in [3.05, 3.63) is 5.51 Å². The number of nitrogens with one attached hydrogen (secondary N) is 1. The van der Waals surface area contributed by atoms with Gasteiger partial charge in [0.05, 0.1) is 0 Å². The molecule has 2 atom stereocenters. The average Bonchev–Trinajstić information content (AvgIpc) is 2.71. The van der Waals surface area contributed by atoms with Crippen LogP contribution in [0.25, 0.3) is 0 Å². The molecule has 3 nitrogen and oxygen atoms in total. The van der Waals surface area contributed by atoms with Crippen LogP contribution in [0.2, 0.25) is 0 Å². The molecule has 2 rings (SSSR count). The third-order valence-electron chi connectivity index (χ3n) is 2.73. The minimum absolute atomic E-state index is 0.717. The van der Waals surface area contributed by atoms with Gasteiger partial charge in [-0.1, -0.05) is 36.4 Å². The van der Waals surface area contributed by atoms with E-state index in [9.17, 15) is 0 Å². The first-order chi connectivity index (χ1) is 7.38. The molecule has 2 unspecified atom stereocenters. The summed E-state index contributed by atoms with van der Waals surface area (Å²) in [5.41, 5.74) is 1.81. The molecule has 0 spiro atoms. The molecule has 0 amide bonds. The first-order valence-electron chi connectivity index (χ1n) is 5.54. The first kappa shape index (κ1) is 11.4. The lowest BCUT2D eigenvalue weighted by molar-refractivity contribution is 0.387. The molecule has 1 saturated carbocycles. The SMILES string of the molecule is CCNC1CCCC(Sc2nncs2)C1. The summed E-state index contributed by atoms with van der Waals surface area (Å²) in [5, 5.41) is 12.2. The molecule has 1 aliphatic rings. The highest BCUT2D eigenvalue weighted by molar-refractivity contribution is 8.01. The number of nitrogens with zero attached hydrogens (tertiary/aromatic N) is 2. The number of hydrogen-bond donors (Lipinski definition) is 1. The van der Waals surface area contributed by atoms with Gasteiger partial charge in [-0.25, -0.2) is 0 Å². The number of hydrogen-bond acceptors (Lipinski definition) is 5. The molecule has 1 aliphatic carbocycles. The van der Waals surface area contributed by atoms with Gasteiger partial charge in [-0.15, -0.1) is 10.2 Å². The Bertz CT molecular complexity index is 274. The fourth-order valence-electron chi connectivity index (χ4n) is 2.08. The Morgan fingerprint density at radius 1 is 1.60 bits per heavy atom. The molecule has 0 radical (unpaired) electrons. The molecular formula is C10H17N3S2. The van der Waals surface area contributed by atoms with Crippen molar-refractivity contribution in [3.63, 3.8) is 0 Å². The van der Waals surface area contributed by atoms with Crippen LogP contribution < -0.4 is 5.32 Å². The Labute approximate surface area is 99.1 Å². The van der Waals surface area contributed by atoms with Crippen molar-refractivity contribution in [3.8, 4) is 0 Å². The lowest BCUT2D eigenvalue weighted by Gasteiger charge is -2.28. The first-order valence-corrected chi connectivity index (χ1v) is 7.30. The van der Waals surface area contributed by atoms with Crippen LogP contribution in [0.3, 0.4) is 0 Å². The van der Waals surface area contributed by atoms with Crippen molar-refractivity contribution in [1.29, 1.82) is 0 Å². The van der Waals surface area contributed by atoms with Crippen molar-refractivity contribution in [1.82, 2.24) is 15.5 Å². The van der Waals surface area contributed by atoms with E-state index in [1.54, 1.807) is 11.3 Å². The molecule has 5 heteroatoms. The fraction of sp³-hybridized carbons (Fsp3) is 0.800. The van der Waals surface area contributed by atoms with Crippen LogP contribution in [0.15, 0.2) is 9.85 Å². The van der Waals surface area contributed by atoms with Gasteiger partial charge in [-0.2, -0.15) is 0 Å².